The van der Waals surface area contributed by atoms with E-state index < -0.39 is 0 Å². The van der Waals surface area contributed by atoms with E-state index >= 15 is 0 Å². The molecule has 1 aromatic heterocycles. The van der Waals surface area contributed by atoms with Crippen LogP contribution in [0, 0.1) is 23.7 Å². The molecule has 0 aromatic carbocycles. The molecule has 5 nitrogen and oxygen atoms in total. The Kier molecular flexibility index (Phi) is 4.69. The van der Waals surface area contributed by atoms with Crippen LogP contribution in [0.5, 0.6) is 0 Å². The molecule has 5 heteroatoms. The third kappa shape index (κ3) is 3.98. The van der Waals surface area contributed by atoms with Crippen LogP contribution in [0.4, 0.5) is 11.5 Å². The number of hydrogen-bond acceptors (Lipinski definition) is 4. The van der Waals surface area contributed by atoms with Crippen LogP contribution >= 0.6 is 0 Å². The quantitative estimate of drug-likeness (QED) is 0.871. The molecule has 0 unspecified atom stereocenters. The van der Waals surface area contributed by atoms with Crippen molar-refractivity contribution in [1.82, 2.24) is 4.98 Å². The summed E-state index contributed by atoms with van der Waals surface area (Å²) < 4.78 is 5.41. The van der Waals surface area contributed by atoms with Gasteiger partial charge in [0.15, 0.2) is 0 Å². The van der Waals surface area contributed by atoms with Crippen molar-refractivity contribution >= 4 is 17.4 Å². The van der Waals surface area contributed by atoms with Gasteiger partial charge in [0.05, 0.1) is 24.6 Å². The zero-order chi connectivity index (χ0) is 19.2. The van der Waals surface area contributed by atoms with Crippen molar-refractivity contribution < 1.29 is 9.53 Å². The number of carbonyl (C=O) groups is 1. The average Bonchev–Trinajstić information content (AvgIpc) is 2.48. The molecule has 4 rings (SSSR count). The highest BCUT2D eigenvalue weighted by atomic mass is 16.5. The van der Waals surface area contributed by atoms with Crippen LogP contribution in [0.25, 0.3) is 0 Å². The van der Waals surface area contributed by atoms with Gasteiger partial charge in [0.25, 0.3) is 0 Å². The molecule has 0 radical (unpaired) electrons. The molecule has 0 atom stereocenters. The van der Waals surface area contributed by atoms with Crippen LogP contribution in [-0.2, 0) is 16.0 Å². The summed E-state index contributed by atoms with van der Waals surface area (Å²) in [7, 11) is 0. The lowest BCUT2D eigenvalue weighted by atomic mass is 9.60. The topological polar surface area (TPSA) is 54.5 Å². The van der Waals surface area contributed by atoms with Crippen molar-refractivity contribution in [2.24, 2.45) is 16.7 Å². The zero-order valence-corrected chi connectivity index (χ0v) is 17.2. The lowest BCUT2D eigenvalue weighted by Gasteiger charge is -2.54. The first-order chi connectivity index (χ1) is 12.7. The van der Waals surface area contributed by atoms with Crippen molar-refractivity contribution in [3.63, 3.8) is 0 Å². The molecule has 1 aromatic rings. The van der Waals surface area contributed by atoms with Crippen molar-refractivity contribution in [3.05, 3.63) is 17.3 Å². The molecule has 3 heterocycles. The molecule has 1 aliphatic carbocycles. The summed E-state index contributed by atoms with van der Waals surface area (Å²) in [5.74, 6) is 1.57. The molecule has 0 bridgehead atoms. The second-order valence-electron chi connectivity index (χ2n) is 10.2. The van der Waals surface area contributed by atoms with Gasteiger partial charge in [0.1, 0.15) is 5.82 Å². The number of pyridine rings is 1. The molecule has 1 amide bonds. The van der Waals surface area contributed by atoms with Gasteiger partial charge in [-0.05, 0) is 55.6 Å². The number of hydrogen-bond donors (Lipinski definition) is 1. The Morgan fingerprint density at radius 3 is 2.74 bits per heavy atom. The molecular formula is C22H33N3O2. The summed E-state index contributed by atoms with van der Waals surface area (Å²) in [4.78, 5) is 19.7. The highest BCUT2D eigenvalue weighted by molar-refractivity contribution is 5.91. The summed E-state index contributed by atoms with van der Waals surface area (Å²) in [5.41, 5.74) is 3.98. The largest absolute Gasteiger partial charge is 0.380 e. The van der Waals surface area contributed by atoms with Crippen LogP contribution < -0.4 is 10.2 Å². The van der Waals surface area contributed by atoms with Gasteiger partial charge in [-0.2, -0.15) is 0 Å². The molecule has 2 fully saturated rings. The number of ether oxygens (including phenoxy) is 1. The SMILES string of the molecule is Cc1cc2c(nc1NC(=O)CC(C)(C)C)CCCN2CC1CC2(COC2)C1. The Morgan fingerprint density at radius 2 is 2.11 bits per heavy atom. The summed E-state index contributed by atoms with van der Waals surface area (Å²) in [6.07, 6.45) is 5.26. The van der Waals surface area contributed by atoms with Gasteiger partial charge in [0, 0.05) is 24.9 Å². The predicted molar refractivity (Wildman–Crippen MR) is 108 cm³/mol. The number of fused-ring (bicyclic) bond motifs is 1. The number of carbonyl (C=O) groups excluding carboxylic acids is 1. The summed E-state index contributed by atoms with van der Waals surface area (Å²) >= 11 is 0. The number of anilines is 2. The smallest absolute Gasteiger partial charge is 0.226 e. The number of amides is 1. The Bertz CT molecular complexity index is 726. The lowest BCUT2D eigenvalue weighted by molar-refractivity contribution is -0.177. The van der Waals surface area contributed by atoms with Crippen molar-refractivity contribution in [3.8, 4) is 0 Å². The molecule has 1 N–H and O–H groups in total. The van der Waals surface area contributed by atoms with E-state index in [1.54, 1.807) is 0 Å². The van der Waals surface area contributed by atoms with E-state index in [2.05, 4.69) is 44.0 Å². The van der Waals surface area contributed by atoms with E-state index in [9.17, 15) is 4.79 Å². The maximum Gasteiger partial charge on any atom is 0.226 e. The van der Waals surface area contributed by atoms with Gasteiger partial charge < -0.3 is 15.0 Å². The van der Waals surface area contributed by atoms with Gasteiger partial charge in [0.2, 0.25) is 5.91 Å². The Balaban J connectivity index is 1.44. The van der Waals surface area contributed by atoms with E-state index in [0.717, 1.165) is 62.1 Å². The van der Waals surface area contributed by atoms with Crippen LogP contribution in [0.2, 0.25) is 0 Å². The number of nitrogens with zero attached hydrogens (tertiary/aromatic N) is 2. The highest BCUT2D eigenvalue weighted by Gasteiger charge is 2.50. The third-order valence-electron chi connectivity index (χ3n) is 6.14. The summed E-state index contributed by atoms with van der Waals surface area (Å²) in [6.45, 7) is 12.5. The second-order valence-corrected chi connectivity index (χ2v) is 10.2. The van der Waals surface area contributed by atoms with Gasteiger partial charge in [-0.1, -0.05) is 20.8 Å². The number of rotatable bonds is 4. The minimum absolute atomic E-state index is 0.0192. The fourth-order valence-corrected chi connectivity index (χ4v) is 4.86. The molecule has 1 spiro atoms. The third-order valence-corrected chi connectivity index (χ3v) is 6.14. The van der Waals surface area contributed by atoms with Gasteiger partial charge in [-0.3, -0.25) is 4.79 Å². The minimum Gasteiger partial charge on any atom is -0.380 e. The fraction of sp³-hybridized carbons (Fsp3) is 0.727. The van der Waals surface area contributed by atoms with E-state index in [0.29, 0.717) is 11.8 Å². The van der Waals surface area contributed by atoms with Gasteiger partial charge in [-0.25, -0.2) is 4.98 Å². The van der Waals surface area contributed by atoms with Crippen LogP contribution in [-0.4, -0.2) is 37.2 Å². The first-order valence-electron chi connectivity index (χ1n) is 10.4. The molecule has 27 heavy (non-hydrogen) atoms. The highest BCUT2D eigenvalue weighted by Crippen LogP contribution is 2.51. The molecular weight excluding hydrogens is 338 g/mol. The minimum atomic E-state index is -0.0192. The Morgan fingerprint density at radius 1 is 1.37 bits per heavy atom. The predicted octanol–water partition coefficient (Wildman–Crippen LogP) is 3.94. The van der Waals surface area contributed by atoms with Crippen molar-refractivity contribution in [2.75, 3.05) is 36.5 Å². The normalized spacial score (nSPS) is 21.4. The molecule has 3 aliphatic rings. The molecule has 2 aliphatic heterocycles. The van der Waals surface area contributed by atoms with Crippen LogP contribution in [0.3, 0.4) is 0 Å². The van der Waals surface area contributed by atoms with E-state index in [4.69, 9.17) is 9.72 Å². The lowest BCUT2D eigenvalue weighted by Crippen LogP contribution is -2.54. The fourth-order valence-electron chi connectivity index (χ4n) is 4.86. The Labute approximate surface area is 162 Å². The molecule has 1 saturated carbocycles. The first-order valence-corrected chi connectivity index (χ1v) is 10.4. The molecule has 148 valence electrons. The molecule has 1 saturated heterocycles. The van der Waals surface area contributed by atoms with E-state index in [1.165, 1.54) is 18.5 Å². The van der Waals surface area contributed by atoms with Gasteiger partial charge in [-0.15, -0.1) is 0 Å². The van der Waals surface area contributed by atoms with Crippen molar-refractivity contribution in [1.29, 1.82) is 0 Å². The standard InChI is InChI=1S/C22H33N3O2/c1-15-8-18-17(23-20(15)24-19(26)11-21(2,3)4)6-5-7-25(18)12-16-9-22(10-16)13-27-14-22/h8,16H,5-7,9-14H2,1-4H3,(H,23,24,26). The maximum absolute atomic E-state index is 12.3. The average molecular weight is 372 g/mol. The number of aryl methyl sites for hydroxylation is 2. The second kappa shape index (κ2) is 6.77. The van der Waals surface area contributed by atoms with Crippen LogP contribution in [0.15, 0.2) is 6.07 Å². The van der Waals surface area contributed by atoms with Crippen molar-refractivity contribution in [2.45, 2.75) is 59.8 Å². The zero-order valence-electron chi connectivity index (χ0n) is 17.2. The van der Waals surface area contributed by atoms with Gasteiger partial charge >= 0.3 is 0 Å². The number of aromatic nitrogens is 1. The maximum atomic E-state index is 12.3. The monoisotopic (exact) mass is 371 g/mol. The van der Waals surface area contributed by atoms with E-state index in [-0.39, 0.29) is 11.3 Å². The number of nitrogens with one attached hydrogen (secondary N) is 1. The van der Waals surface area contributed by atoms with E-state index in [1.807, 2.05) is 0 Å². The summed E-state index contributed by atoms with van der Waals surface area (Å²) in [6, 6.07) is 2.23. The first kappa shape index (κ1) is 18.7. The summed E-state index contributed by atoms with van der Waals surface area (Å²) in [5, 5.41) is 3.04. The van der Waals surface area contributed by atoms with Crippen LogP contribution in [0.1, 0.15) is 57.7 Å². The Hall–Kier alpha value is -1.62.